The molecule has 0 aliphatic carbocycles. The van der Waals surface area contributed by atoms with Crippen LogP contribution in [-0.2, 0) is 22.7 Å². The maximum atomic E-state index is 13.4. The summed E-state index contributed by atoms with van der Waals surface area (Å²) in [6.07, 6.45) is 1.58. The number of carbonyl (C=O) groups is 3. The van der Waals surface area contributed by atoms with Gasteiger partial charge < -0.3 is 13.9 Å². The van der Waals surface area contributed by atoms with E-state index in [0.29, 0.717) is 16.9 Å². The number of amides is 2. The molecule has 168 valence electrons. The van der Waals surface area contributed by atoms with Crippen LogP contribution in [0.15, 0.2) is 70.0 Å². The van der Waals surface area contributed by atoms with Gasteiger partial charge in [-0.05, 0) is 53.7 Å². The summed E-state index contributed by atoms with van der Waals surface area (Å²) in [4.78, 5) is 38.1. The van der Waals surface area contributed by atoms with Crippen molar-refractivity contribution in [2.45, 2.75) is 13.2 Å². The van der Waals surface area contributed by atoms with Gasteiger partial charge in [0.15, 0.2) is 0 Å². The predicted molar refractivity (Wildman–Crippen MR) is 119 cm³/mol. The first-order chi connectivity index (χ1) is 15.9. The van der Waals surface area contributed by atoms with E-state index in [9.17, 15) is 18.8 Å². The lowest BCUT2D eigenvalue weighted by Crippen LogP contribution is -2.27. The number of hydrogen-bond acceptors (Lipinski definition) is 7. The van der Waals surface area contributed by atoms with Crippen molar-refractivity contribution >= 4 is 35.0 Å². The van der Waals surface area contributed by atoms with Crippen LogP contribution in [0.2, 0.25) is 0 Å². The van der Waals surface area contributed by atoms with Gasteiger partial charge in [0.1, 0.15) is 23.9 Å². The van der Waals surface area contributed by atoms with Gasteiger partial charge in [-0.1, -0.05) is 30.3 Å². The number of esters is 1. The molecule has 1 aliphatic rings. The summed E-state index contributed by atoms with van der Waals surface area (Å²) in [5.74, 6) is -0.737. The molecule has 33 heavy (non-hydrogen) atoms. The summed E-state index contributed by atoms with van der Waals surface area (Å²) < 4.78 is 29.2. The Morgan fingerprint density at radius 1 is 1.12 bits per heavy atom. The quantitative estimate of drug-likeness (QED) is 0.356. The molecule has 0 saturated carbocycles. The van der Waals surface area contributed by atoms with E-state index in [1.807, 2.05) is 0 Å². The Hall–Kier alpha value is -3.85. The van der Waals surface area contributed by atoms with E-state index in [0.717, 1.165) is 16.7 Å². The van der Waals surface area contributed by atoms with Crippen LogP contribution in [-0.4, -0.2) is 29.1 Å². The summed E-state index contributed by atoms with van der Waals surface area (Å²) in [5, 5.41) is -0.458. The van der Waals surface area contributed by atoms with Crippen LogP contribution in [0, 0.1) is 5.82 Å². The fourth-order valence-electron chi connectivity index (χ4n) is 3.13. The normalized spacial score (nSPS) is 14.7. The van der Waals surface area contributed by atoms with Crippen LogP contribution in [0.5, 0.6) is 5.75 Å². The number of rotatable bonds is 7. The van der Waals surface area contributed by atoms with E-state index in [4.69, 9.17) is 9.15 Å². The van der Waals surface area contributed by atoms with Crippen LogP contribution in [0.25, 0.3) is 6.08 Å². The van der Waals surface area contributed by atoms with Crippen molar-refractivity contribution < 1.29 is 32.7 Å². The highest BCUT2D eigenvalue weighted by Gasteiger charge is 2.36. The standard InChI is InChI=1S/C24H18FNO6S/c1-30-23(28)20-10-9-18(32-20)13-26-22(27)21(33-24(26)29)12-16-6-2-3-8-19(16)31-14-15-5-4-7-17(25)11-15/h2-12H,13-14H2,1H3/b21-12+. The van der Waals surface area contributed by atoms with Crippen molar-refractivity contribution in [1.82, 2.24) is 4.90 Å². The lowest BCUT2D eigenvalue weighted by Gasteiger charge is -2.11. The first-order valence-corrected chi connectivity index (χ1v) is 10.6. The first kappa shape index (κ1) is 22.3. The van der Waals surface area contributed by atoms with Crippen LogP contribution in [0.3, 0.4) is 0 Å². The van der Waals surface area contributed by atoms with Gasteiger partial charge in [0.25, 0.3) is 11.1 Å². The highest BCUT2D eigenvalue weighted by Crippen LogP contribution is 2.35. The number of imide groups is 1. The van der Waals surface area contributed by atoms with E-state index in [-0.39, 0.29) is 35.4 Å². The van der Waals surface area contributed by atoms with Crippen LogP contribution >= 0.6 is 11.8 Å². The Morgan fingerprint density at radius 3 is 2.73 bits per heavy atom. The second-order valence-corrected chi connectivity index (χ2v) is 7.98. The van der Waals surface area contributed by atoms with E-state index >= 15 is 0 Å². The molecule has 7 nitrogen and oxygen atoms in total. The van der Waals surface area contributed by atoms with Gasteiger partial charge in [-0.3, -0.25) is 14.5 Å². The molecule has 2 heterocycles. The lowest BCUT2D eigenvalue weighted by atomic mass is 10.1. The zero-order chi connectivity index (χ0) is 23.4. The lowest BCUT2D eigenvalue weighted by molar-refractivity contribution is -0.123. The Kier molecular flexibility index (Phi) is 6.60. The molecule has 2 aromatic carbocycles. The summed E-state index contributed by atoms with van der Waals surface area (Å²) >= 11 is 0.799. The minimum Gasteiger partial charge on any atom is -0.488 e. The average Bonchev–Trinajstić information content (AvgIpc) is 3.38. The number of halogens is 1. The van der Waals surface area contributed by atoms with Crippen molar-refractivity contribution in [2.24, 2.45) is 0 Å². The maximum Gasteiger partial charge on any atom is 0.373 e. The zero-order valence-corrected chi connectivity index (χ0v) is 18.3. The van der Waals surface area contributed by atoms with E-state index in [1.54, 1.807) is 42.5 Å². The van der Waals surface area contributed by atoms with Crippen molar-refractivity contribution in [2.75, 3.05) is 7.11 Å². The zero-order valence-electron chi connectivity index (χ0n) is 17.4. The topological polar surface area (TPSA) is 86.0 Å². The van der Waals surface area contributed by atoms with Gasteiger partial charge in [-0.2, -0.15) is 0 Å². The minimum absolute atomic E-state index is 0.0145. The van der Waals surface area contributed by atoms with Gasteiger partial charge in [0, 0.05) is 5.56 Å². The van der Waals surface area contributed by atoms with Crippen LogP contribution < -0.4 is 4.74 Å². The number of furan rings is 1. The molecule has 1 saturated heterocycles. The number of nitrogens with zero attached hydrogens (tertiary/aromatic N) is 1. The van der Waals surface area contributed by atoms with Gasteiger partial charge >= 0.3 is 5.97 Å². The predicted octanol–water partition coefficient (Wildman–Crippen LogP) is 5.02. The van der Waals surface area contributed by atoms with E-state index in [1.165, 1.54) is 31.4 Å². The number of hydrogen-bond donors (Lipinski definition) is 0. The molecule has 3 aromatic rings. The smallest absolute Gasteiger partial charge is 0.373 e. The molecule has 1 fully saturated rings. The molecule has 1 aromatic heterocycles. The minimum atomic E-state index is -0.648. The second kappa shape index (κ2) is 9.74. The number of benzene rings is 2. The third-order valence-electron chi connectivity index (χ3n) is 4.72. The second-order valence-electron chi connectivity index (χ2n) is 6.98. The van der Waals surface area contributed by atoms with Gasteiger partial charge in [0.05, 0.1) is 18.6 Å². The summed E-state index contributed by atoms with van der Waals surface area (Å²) in [6.45, 7) is 0.0296. The molecule has 0 spiro atoms. The van der Waals surface area contributed by atoms with Gasteiger partial charge in [-0.15, -0.1) is 0 Å². The highest BCUT2D eigenvalue weighted by atomic mass is 32.2. The van der Waals surface area contributed by atoms with Crippen molar-refractivity contribution in [3.8, 4) is 5.75 Å². The molecular formula is C24H18FNO6S. The molecule has 4 rings (SSSR count). The fourth-order valence-corrected chi connectivity index (χ4v) is 3.95. The fraction of sp³-hybridized carbons (Fsp3) is 0.125. The highest BCUT2D eigenvalue weighted by molar-refractivity contribution is 8.18. The third kappa shape index (κ3) is 5.15. The number of thioether (sulfide) groups is 1. The molecule has 0 radical (unpaired) electrons. The summed E-state index contributed by atoms with van der Waals surface area (Å²) in [7, 11) is 1.23. The Morgan fingerprint density at radius 2 is 1.94 bits per heavy atom. The first-order valence-electron chi connectivity index (χ1n) is 9.83. The van der Waals surface area contributed by atoms with Gasteiger partial charge in [0.2, 0.25) is 5.76 Å². The number of para-hydroxylation sites is 1. The number of ether oxygens (including phenoxy) is 2. The third-order valence-corrected chi connectivity index (χ3v) is 5.63. The van der Waals surface area contributed by atoms with Gasteiger partial charge in [-0.25, -0.2) is 9.18 Å². The molecule has 9 heteroatoms. The van der Waals surface area contributed by atoms with Crippen molar-refractivity contribution in [3.63, 3.8) is 0 Å². The van der Waals surface area contributed by atoms with E-state index < -0.39 is 17.1 Å². The molecule has 0 atom stereocenters. The van der Waals surface area contributed by atoms with Crippen molar-refractivity contribution in [3.05, 3.63) is 94.0 Å². The molecular weight excluding hydrogens is 449 g/mol. The molecule has 1 aliphatic heterocycles. The number of methoxy groups -OCH3 is 1. The van der Waals surface area contributed by atoms with Crippen LogP contribution in [0.4, 0.5) is 9.18 Å². The Balaban J connectivity index is 1.49. The Bertz CT molecular complexity index is 1250. The van der Waals surface area contributed by atoms with Crippen LogP contribution in [0.1, 0.15) is 27.4 Å². The van der Waals surface area contributed by atoms with E-state index in [2.05, 4.69) is 4.74 Å². The largest absolute Gasteiger partial charge is 0.488 e. The summed E-state index contributed by atoms with van der Waals surface area (Å²) in [6, 6.07) is 16.1. The SMILES string of the molecule is COC(=O)c1ccc(CN2C(=O)S/C(=C/c3ccccc3OCc3cccc(F)c3)C2=O)o1. The van der Waals surface area contributed by atoms with Crippen molar-refractivity contribution in [1.29, 1.82) is 0 Å². The molecule has 0 N–H and O–H groups in total. The monoisotopic (exact) mass is 467 g/mol. The molecule has 0 unspecified atom stereocenters. The Labute approximate surface area is 192 Å². The molecule has 0 bridgehead atoms. The average molecular weight is 467 g/mol. The number of carbonyl (C=O) groups excluding carboxylic acids is 3. The summed E-state index contributed by atoms with van der Waals surface area (Å²) in [5.41, 5.74) is 1.26. The maximum absolute atomic E-state index is 13.4. The molecule has 2 amide bonds.